The number of aromatic nitrogens is 2. The molecular formula is C8H13N3O. The highest BCUT2D eigenvalue weighted by Gasteiger charge is 2.00. The highest BCUT2D eigenvalue weighted by atomic mass is 16.3. The summed E-state index contributed by atoms with van der Waals surface area (Å²) < 4.78 is 0. The quantitative estimate of drug-likeness (QED) is 0.691. The zero-order valence-electron chi connectivity index (χ0n) is 7.28. The summed E-state index contributed by atoms with van der Waals surface area (Å²) in [7, 11) is 0. The van der Waals surface area contributed by atoms with Gasteiger partial charge in [0.25, 0.3) is 0 Å². The molecule has 4 heteroatoms. The van der Waals surface area contributed by atoms with E-state index in [9.17, 15) is 0 Å². The van der Waals surface area contributed by atoms with Crippen molar-refractivity contribution in [1.29, 1.82) is 0 Å². The molecule has 0 spiro atoms. The first-order chi connectivity index (χ1) is 5.72. The summed E-state index contributed by atoms with van der Waals surface area (Å²) in [5.41, 5.74) is 0.914. The molecule has 0 unspecified atom stereocenters. The van der Waals surface area contributed by atoms with Gasteiger partial charge in [-0.1, -0.05) is 0 Å². The van der Waals surface area contributed by atoms with Gasteiger partial charge in [-0.05, 0) is 19.9 Å². The average Bonchev–Trinajstić information content (AvgIpc) is 2.04. The summed E-state index contributed by atoms with van der Waals surface area (Å²) >= 11 is 0. The third-order valence-electron chi connectivity index (χ3n) is 1.44. The lowest BCUT2D eigenvalue weighted by atomic mass is 10.4. The van der Waals surface area contributed by atoms with Crippen LogP contribution in [0.2, 0.25) is 0 Å². The molecule has 1 heterocycles. The van der Waals surface area contributed by atoms with Gasteiger partial charge < -0.3 is 10.4 Å². The Balaban J connectivity index is 2.63. The van der Waals surface area contributed by atoms with E-state index in [0.29, 0.717) is 5.95 Å². The minimum absolute atomic E-state index is 0.00759. The Morgan fingerprint density at radius 1 is 1.67 bits per heavy atom. The van der Waals surface area contributed by atoms with Gasteiger partial charge in [-0.2, -0.15) is 0 Å². The minimum atomic E-state index is -0.00759. The Labute approximate surface area is 71.7 Å². The second-order valence-corrected chi connectivity index (χ2v) is 2.75. The monoisotopic (exact) mass is 167 g/mol. The lowest BCUT2D eigenvalue weighted by Gasteiger charge is -2.09. The van der Waals surface area contributed by atoms with E-state index < -0.39 is 0 Å². The molecule has 12 heavy (non-hydrogen) atoms. The van der Waals surface area contributed by atoms with Crippen LogP contribution in [0.5, 0.6) is 0 Å². The molecule has 66 valence electrons. The minimum Gasteiger partial charge on any atom is -0.394 e. The van der Waals surface area contributed by atoms with E-state index in [1.165, 1.54) is 0 Å². The summed E-state index contributed by atoms with van der Waals surface area (Å²) in [6, 6.07) is 1.82. The molecule has 0 amide bonds. The van der Waals surface area contributed by atoms with Crippen LogP contribution in [0.1, 0.15) is 12.6 Å². The molecule has 0 aromatic carbocycles. The van der Waals surface area contributed by atoms with Crippen LogP contribution >= 0.6 is 0 Å². The first-order valence-electron chi connectivity index (χ1n) is 3.89. The molecule has 0 saturated heterocycles. The van der Waals surface area contributed by atoms with Crippen LogP contribution in [0.3, 0.4) is 0 Å². The summed E-state index contributed by atoms with van der Waals surface area (Å²) in [6.45, 7) is 3.85. The topological polar surface area (TPSA) is 58.0 Å². The van der Waals surface area contributed by atoms with Crippen molar-refractivity contribution in [2.45, 2.75) is 19.9 Å². The first-order valence-corrected chi connectivity index (χ1v) is 3.89. The van der Waals surface area contributed by atoms with E-state index in [2.05, 4.69) is 15.3 Å². The average molecular weight is 167 g/mol. The van der Waals surface area contributed by atoms with Crippen molar-refractivity contribution >= 4 is 5.95 Å². The van der Waals surface area contributed by atoms with E-state index in [1.54, 1.807) is 6.20 Å². The number of rotatable bonds is 3. The van der Waals surface area contributed by atoms with Crippen molar-refractivity contribution in [3.05, 3.63) is 18.0 Å². The van der Waals surface area contributed by atoms with Gasteiger partial charge in [0.05, 0.1) is 6.61 Å². The maximum atomic E-state index is 8.75. The molecule has 4 nitrogen and oxygen atoms in total. The van der Waals surface area contributed by atoms with E-state index in [-0.39, 0.29) is 12.6 Å². The maximum absolute atomic E-state index is 8.75. The molecule has 0 radical (unpaired) electrons. The van der Waals surface area contributed by atoms with Crippen molar-refractivity contribution in [2.24, 2.45) is 0 Å². The van der Waals surface area contributed by atoms with Crippen molar-refractivity contribution < 1.29 is 5.11 Å². The van der Waals surface area contributed by atoms with Crippen LogP contribution < -0.4 is 5.32 Å². The zero-order chi connectivity index (χ0) is 8.97. The summed E-state index contributed by atoms with van der Waals surface area (Å²) in [6.07, 6.45) is 1.69. The fraction of sp³-hybridized carbons (Fsp3) is 0.500. The van der Waals surface area contributed by atoms with Crippen molar-refractivity contribution in [3.63, 3.8) is 0 Å². The number of anilines is 1. The second-order valence-electron chi connectivity index (χ2n) is 2.75. The first kappa shape index (κ1) is 8.93. The van der Waals surface area contributed by atoms with Crippen molar-refractivity contribution in [3.8, 4) is 0 Å². The van der Waals surface area contributed by atoms with Gasteiger partial charge in [-0.15, -0.1) is 0 Å². The molecule has 1 atom stereocenters. The van der Waals surface area contributed by atoms with Crippen LogP contribution in [0.15, 0.2) is 12.3 Å². The molecule has 0 saturated carbocycles. The smallest absolute Gasteiger partial charge is 0.223 e. The van der Waals surface area contributed by atoms with Crippen LogP contribution in [-0.4, -0.2) is 27.7 Å². The van der Waals surface area contributed by atoms with Gasteiger partial charge in [0.15, 0.2) is 0 Å². The Kier molecular flexibility index (Phi) is 2.99. The molecular weight excluding hydrogens is 154 g/mol. The largest absolute Gasteiger partial charge is 0.394 e. The van der Waals surface area contributed by atoms with E-state index in [0.717, 1.165) is 5.69 Å². The zero-order valence-corrected chi connectivity index (χ0v) is 7.28. The Bertz CT molecular complexity index is 252. The number of nitrogens with one attached hydrogen (secondary N) is 1. The number of nitrogens with zero attached hydrogens (tertiary/aromatic N) is 2. The predicted octanol–water partition coefficient (Wildman–Crippen LogP) is 0.578. The second kappa shape index (κ2) is 4.01. The number of aliphatic hydroxyl groups is 1. The molecule has 0 aliphatic rings. The van der Waals surface area contributed by atoms with E-state index >= 15 is 0 Å². The number of hydrogen-bond acceptors (Lipinski definition) is 4. The Morgan fingerprint density at radius 2 is 2.42 bits per heavy atom. The van der Waals surface area contributed by atoms with Crippen LogP contribution in [-0.2, 0) is 0 Å². The molecule has 0 aliphatic carbocycles. The normalized spacial score (nSPS) is 12.6. The lowest BCUT2D eigenvalue weighted by molar-refractivity contribution is 0.281. The molecule has 0 fully saturated rings. The van der Waals surface area contributed by atoms with Crippen molar-refractivity contribution in [2.75, 3.05) is 11.9 Å². The lowest BCUT2D eigenvalue weighted by Crippen LogP contribution is -2.20. The molecule has 2 N–H and O–H groups in total. The van der Waals surface area contributed by atoms with E-state index in [4.69, 9.17) is 5.11 Å². The van der Waals surface area contributed by atoms with Crippen LogP contribution in [0, 0.1) is 6.92 Å². The van der Waals surface area contributed by atoms with Gasteiger partial charge in [0, 0.05) is 17.9 Å². The van der Waals surface area contributed by atoms with Crippen molar-refractivity contribution in [1.82, 2.24) is 9.97 Å². The highest BCUT2D eigenvalue weighted by Crippen LogP contribution is 2.00. The Hall–Kier alpha value is -1.16. The van der Waals surface area contributed by atoms with Crippen LogP contribution in [0.25, 0.3) is 0 Å². The van der Waals surface area contributed by atoms with Crippen LogP contribution in [0.4, 0.5) is 5.95 Å². The standard InChI is InChI=1S/C8H13N3O/c1-6-3-4-9-8(10-6)11-7(2)5-12/h3-4,7,12H,5H2,1-2H3,(H,9,10,11)/t7-/m0/s1. The molecule has 0 bridgehead atoms. The summed E-state index contributed by atoms with van der Waals surface area (Å²) in [5, 5.41) is 11.7. The van der Waals surface area contributed by atoms with E-state index in [1.807, 2.05) is 19.9 Å². The van der Waals surface area contributed by atoms with Gasteiger partial charge in [0.2, 0.25) is 5.95 Å². The third kappa shape index (κ3) is 2.47. The van der Waals surface area contributed by atoms with Gasteiger partial charge in [0.1, 0.15) is 0 Å². The summed E-state index contributed by atoms with van der Waals surface area (Å²) in [4.78, 5) is 8.12. The highest BCUT2D eigenvalue weighted by molar-refractivity contribution is 5.25. The molecule has 1 aromatic heterocycles. The molecule has 0 aliphatic heterocycles. The van der Waals surface area contributed by atoms with Gasteiger partial charge in [-0.3, -0.25) is 0 Å². The molecule has 1 rings (SSSR count). The third-order valence-corrected chi connectivity index (χ3v) is 1.44. The van der Waals surface area contributed by atoms with Gasteiger partial charge in [-0.25, -0.2) is 9.97 Å². The SMILES string of the molecule is Cc1ccnc(N[C@@H](C)CO)n1. The maximum Gasteiger partial charge on any atom is 0.223 e. The number of aryl methyl sites for hydroxylation is 1. The predicted molar refractivity (Wildman–Crippen MR) is 46.9 cm³/mol. The van der Waals surface area contributed by atoms with Gasteiger partial charge >= 0.3 is 0 Å². The molecule has 1 aromatic rings. The fourth-order valence-corrected chi connectivity index (χ4v) is 0.784. The fourth-order valence-electron chi connectivity index (χ4n) is 0.784. The number of hydrogen-bond donors (Lipinski definition) is 2. The number of aliphatic hydroxyl groups excluding tert-OH is 1. The Morgan fingerprint density at radius 3 is 3.00 bits per heavy atom. The summed E-state index contributed by atoms with van der Waals surface area (Å²) in [5.74, 6) is 0.566.